The fourth-order valence-corrected chi connectivity index (χ4v) is 2.91. The van der Waals surface area contributed by atoms with Crippen LogP contribution in [-0.2, 0) is 0 Å². The van der Waals surface area contributed by atoms with E-state index in [1.54, 1.807) is 5.57 Å². The average molecular weight is 222 g/mol. The summed E-state index contributed by atoms with van der Waals surface area (Å²) in [7, 11) is 0. The Bertz CT molecular complexity index is 488. The van der Waals surface area contributed by atoms with Crippen molar-refractivity contribution in [1.29, 1.82) is 0 Å². The van der Waals surface area contributed by atoms with Crippen LogP contribution in [0, 0.1) is 5.92 Å². The van der Waals surface area contributed by atoms with Crippen molar-refractivity contribution in [3.05, 3.63) is 65.8 Å². The van der Waals surface area contributed by atoms with E-state index in [9.17, 15) is 0 Å². The number of benzene rings is 1. The Balaban J connectivity index is 1.78. The Labute approximate surface area is 103 Å². The Morgan fingerprint density at radius 3 is 2.65 bits per heavy atom. The highest BCUT2D eigenvalue weighted by Crippen LogP contribution is 2.39. The molecular weight excluding hydrogens is 204 g/mol. The van der Waals surface area contributed by atoms with Gasteiger partial charge in [-0.3, -0.25) is 0 Å². The highest BCUT2D eigenvalue weighted by Gasteiger charge is 2.23. The highest BCUT2D eigenvalue weighted by atomic mass is 14.3. The molecule has 0 aromatic heterocycles. The molecule has 2 aliphatic rings. The lowest BCUT2D eigenvalue weighted by Crippen LogP contribution is -1.95. The van der Waals surface area contributed by atoms with Crippen LogP contribution < -0.4 is 0 Å². The molecule has 1 atom stereocenters. The number of rotatable bonds is 2. The van der Waals surface area contributed by atoms with Crippen LogP contribution in [0.4, 0.5) is 0 Å². The highest BCUT2D eigenvalue weighted by molar-refractivity contribution is 5.77. The SMILES string of the molecule is C=C1CCC(C2=CC(c3ccccc3)=CC2)C1. The van der Waals surface area contributed by atoms with E-state index in [0.717, 1.165) is 12.3 Å². The van der Waals surface area contributed by atoms with Crippen LogP contribution in [0.25, 0.3) is 5.57 Å². The van der Waals surface area contributed by atoms with E-state index in [2.05, 4.69) is 49.1 Å². The molecule has 86 valence electrons. The molecule has 2 aliphatic carbocycles. The summed E-state index contributed by atoms with van der Waals surface area (Å²) < 4.78 is 0. The maximum Gasteiger partial charge on any atom is -0.0123 e. The Morgan fingerprint density at radius 1 is 1.12 bits per heavy atom. The molecule has 0 saturated heterocycles. The monoisotopic (exact) mass is 222 g/mol. The van der Waals surface area contributed by atoms with Gasteiger partial charge in [-0.15, -0.1) is 0 Å². The molecule has 1 saturated carbocycles. The van der Waals surface area contributed by atoms with Crippen molar-refractivity contribution in [2.24, 2.45) is 5.92 Å². The molecule has 0 amide bonds. The first kappa shape index (κ1) is 10.6. The zero-order valence-corrected chi connectivity index (χ0v) is 10.2. The van der Waals surface area contributed by atoms with Gasteiger partial charge in [0.05, 0.1) is 0 Å². The van der Waals surface area contributed by atoms with Gasteiger partial charge in [0.2, 0.25) is 0 Å². The third kappa shape index (κ3) is 2.12. The molecule has 0 bridgehead atoms. The van der Waals surface area contributed by atoms with Gasteiger partial charge in [-0.05, 0) is 42.7 Å². The lowest BCUT2D eigenvalue weighted by molar-refractivity contribution is 0.640. The predicted octanol–water partition coefficient (Wildman–Crippen LogP) is 4.76. The van der Waals surface area contributed by atoms with Gasteiger partial charge in [0.25, 0.3) is 0 Å². The first-order valence-corrected chi connectivity index (χ1v) is 6.45. The van der Waals surface area contributed by atoms with Crippen molar-refractivity contribution in [1.82, 2.24) is 0 Å². The van der Waals surface area contributed by atoms with Crippen molar-refractivity contribution in [2.45, 2.75) is 25.7 Å². The van der Waals surface area contributed by atoms with Crippen molar-refractivity contribution < 1.29 is 0 Å². The smallest absolute Gasteiger partial charge is 0.0123 e. The lowest BCUT2D eigenvalue weighted by atomic mass is 9.96. The molecule has 1 aromatic rings. The minimum absolute atomic E-state index is 0.764. The Morgan fingerprint density at radius 2 is 1.94 bits per heavy atom. The molecule has 0 heterocycles. The molecule has 1 aromatic carbocycles. The van der Waals surface area contributed by atoms with E-state index < -0.39 is 0 Å². The van der Waals surface area contributed by atoms with Gasteiger partial charge in [-0.1, -0.05) is 60.2 Å². The van der Waals surface area contributed by atoms with E-state index in [1.165, 1.54) is 36.0 Å². The zero-order chi connectivity index (χ0) is 11.7. The molecular formula is C17H18. The molecule has 1 fully saturated rings. The summed E-state index contributed by atoms with van der Waals surface area (Å²) in [5, 5.41) is 0. The molecule has 0 N–H and O–H groups in total. The first-order chi connectivity index (χ1) is 8.33. The summed E-state index contributed by atoms with van der Waals surface area (Å²) in [5.41, 5.74) is 5.80. The first-order valence-electron chi connectivity index (χ1n) is 6.45. The van der Waals surface area contributed by atoms with Crippen LogP contribution in [0.5, 0.6) is 0 Å². The molecule has 0 spiro atoms. The molecule has 0 radical (unpaired) electrons. The quantitative estimate of drug-likeness (QED) is 0.633. The number of hydrogen-bond acceptors (Lipinski definition) is 0. The van der Waals surface area contributed by atoms with E-state index >= 15 is 0 Å². The molecule has 3 rings (SSSR count). The summed E-state index contributed by atoms with van der Waals surface area (Å²) in [6.07, 6.45) is 9.65. The predicted molar refractivity (Wildman–Crippen MR) is 73.6 cm³/mol. The standard InChI is InChI=1S/C17H18/c1-13-7-8-15(11-13)17-10-9-16(12-17)14-5-3-2-4-6-14/h2-6,9,12,15H,1,7-8,10-11H2. The second-order valence-corrected chi connectivity index (χ2v) is 5.14. The van der Waals surface area contributed by atoms with E-state index in [0.29, 0.717) is 0 Å². The second kappa shape index (κ2) is 4.37. The topological polar surface area (TPSA) is 0 Å². The largest absolute Gasteiger partial charge is 0.0998 e. The molecule has 17 heavy (non-hydrogen) atoms. The lowest BCUT2D eigenvalue weighted by Gasteiger charge is -2.09. The van der Waals surface area contributed by atoms with Gasteiger partial charge >= 0.3 is 0 Å². The number of allylic oxidation sites excluding steroid dienone is 5. The molecule has 0 heteroatoms. The van der Waals surface area contributed by atoms with Crippen molar-refractivity contribution >= 4 is 5.57 Å². The molecule has 1 unspecified atom stereocenters. The van der Waals surface area contributed by atoms with Gasteiger partial charge < -0.3 is 0 Å². The second-order valence-electron chi connectivity index (χ2n) is 5.14. The fourth-order valence-electron chi connectivity index (χ4n) is 2.91. The molecule has 0 aliphatic heterocycles. The zero-order valence-electron chi connectivity index (χ0n) is 10.2. The van der Waals surface area contributed by atoms with Crippen LogP contribution in [0.15, 0.2) is 60.2 Å². The number of hydrogen-bond donors (Lipinski definition) is 0. The minimum Gasteiger partial charge on any atom is -0.0998 e. The summed E-state index contributed by atoms with van der Waals surface area (Å²) in [4.78, 5) is 0. The normalized spacial score (nSPS) is 23.8. The van der Waals surface area contributed by atoms with Gasteiger partial charge in [0, 0.05) is 0 Å². The summed E-state index contributed by atoms with van der Waals surface area (Å²) >= 11 is 0. The van der Waals surface area contributed by atoms with E-state index in [4.69, 9.17) is 0 Å². The van der Waals surface area contributed by atoms with Gasteiger partial charge in [-0.2, -0.15) is 0 Å². The maximum absolute atomic E-state index is 4.11. The van der Waals surface area contributed by atoms with Crippen molar-refractivity contribution in [2.75, 3.05) is 0 Å². The van der Waals surface area contributed by atoms with Gasteiger partial charge in [0.15, 0.2) is 0 Å². The minimum atomic E-state index is 0.764. The fraction of sp³-hybridized carbons (Fsp3) is 0.294. The summed E-state index contributed by atoms with van der Waals surface area (Å²) in [6, 6.07) is 10.7. The van der Waals surface area contributed by atoms with Gasteiger partial charge in [-0.25, -0.2) is 0 Å². The van der Waals surface area contributed by atoms with Gasteiger partial charge in [0.1, 0.15) is 0 Å². The van der Waals surface area contributed by atoms with E-state index in [1.807, 2.05) is 0 Å². The maximum atomic E-state index is 4.11. The third-order valence-corrected chi connectivity index (χ3v) is 3.91. The van der Waals surface area contributed by atoms with Crippen molar-refractivity contribution in [3.8, 4) is 0 Å². The third-order valence-electron chi connectivity index (χ3n) is 3.91. The van der Waals surface area contributed by atoms with Crippen LogP contribution >= 0.6 is 0 Å². The Hall–Kier alpha value is -1.56. The molecule has 0 nitrogen and oxygen atoms in total. The van der Waals surface area contributed by atoms with E-state index in [-0.39, 0.29) is 0 Å². The Kier molecular flexibility index (Phi) is 2.72. The summed E-state index contributed by atoms with van der Waals surface area (Å²) in [6.45, 7) is 4.11. The van der Waals surface area contributed by atoms with Crippen LogP contribution in [0.1, 0.15) is 31.2 Å². The van der Waals surface area contributed by atoms with Crippen LogP contribution in [0.3, 0.4) is 0 Å². The average Bonchev–Trinajstić information content (AvgIpc) is 2.98. The van der Waals surface area contributed by atoms with Crippen LogP contribution in [-0.4, -0.2) is 0 Å². The van der Waals surface area contributed by atoms with Crippen LogP contribution in [0.2, 0.25) is 0 Å². The summed E-state index contributed by atoms with van der Waals surface area (Å²) in [5.74, 6) is 0.764. The van der Waals surface area contributed by atoms with Crippen molar-refractivity contribution in [3.63, 3.8) is 0 Å².